The van der Waals surface area contributed by atoms with Gasteiger partial charge in [-0.3, -0.25) is 0 Å². The molecule has 128 valence electrons. The van der Waals surface area contributed by atoms with Gasteiger partial charge in [0, 0.05) is 11.5 Å². The summed E-state index contributed by atoms with van der Waals surface area (Å²) in [5.74, 6) is 2.76. The molecule has 4 rings (SSSR count). The van der Waals surface area contributed by atoms with Crippen molar-refractivity contribution < 1.29 is 14.1 Å². The minimum absolute atomic E-state index is 0.0344. The normalized spacial score (nSPS) is 14.7. The molecule has 0 saturated carbocycles. The van der Waals surface area contributed by atoms with E-state index in [9.17, 15) is 4.79 Å². The van der Waals surface area contributed by atoms with E-state index in [4.69, 9.17) is 9.26 Å². The maximum atomic E-state index is 12.2. The van der Waals surface area contributed by atoms with Crippen LogP contribution in [0, 0.1) is 0 Å². The molecule has 1 saturated heterocycles. The van der Waals surface area contributed by atoms with Crippen molar-refractivity contribution in [3.05, 3.63) is 58.8 Å². The Morgan fingerprint density at radius 1 is 1.20 bits per heavy atom. The Labute approximate surface area is 157 Å². The van der Waals surface area contributed by atoms with Gasteiger partial charge in [0.05, 0.1) is 15.0 Å². The Bertz CT molecular complexity index is 840. The minimum Gasteiger partial charge on any atom is -0.452 e. The molecule has 0 N–H and O–H groups in total. The highest BCUT2D eigenvalue weighted by atomic mass is 32.2. The zero-order valence-electron chi connectivity index (χ0n) is 13.1. The third-order valence-electron chi connectivity index (χ3n) is 3.58. The molecule has 0 aliphatic carbocycles. The van der Waals surface area contributed by atoms with Gasteiger partial charge in [0.15, 0.2) is 6.61 Å². The first-order valence-electron chi connectivity index (χ1n) is 7.66. The first-order chi connectivity index (χ1) is 12.3. The number of rotatable bonds is 5. The van der Waals surface area contributed by atoms with Gasteiger partial charge >= 0.3 is 5.97 Å². The monoisotopic (exact) mass is 390 g/mol. The highest BCUT2D eigenvalue weighted by Gasteiger charge is 2.19. The molecule has 8 heteroatoms. The summed E-state index contributed by atoms with van der Waals surface area (Å²) in [6, 6.07) is 11.4. The molecule has 1 aliphatic rings. The molecular weight excluding hydrogens is 376 g/mol. The van der Waals surface area contributed by atoms with Crippen LogP contribution in [0.2, 0.25) is 0 Å². The van der Waals surface area contributed by atoms with E-state index in [1.165, 1.54) is 28.4 Å². The van der Waals surface area contributed by atoms with Crippen molar-refractivity contribution in [2.24, 2.45) is 0 Å². The lowest BCUT2D eigenvalue weighted by Gasteiger charge is -2.08. The Morgan fingerprint density at radius 2 is 2.00 bits per heavy atom. The lowest BCUT2D eigenvalue weighted by molar-refractivity contribution is 0.0430. The molecule has 0 spiro atoms. The second-order valence-corrected chi connectivity index (χ2v) is 8.93. The van der Waals surface area contributed by atoms with Crippen molar-refractivity contribution in [1.29, 1.82) is 0 Å². The third kappa shape index (κ3) is 3.91. The topological polar surface area (TPSA) is 65.2 Å². The highest BCUT2D eigenvalue weighted by Crippen LogP contribution is 2.45. The van der Waals surface area contributed by atoms with Crippen LogP contribution in [0.5, 0.6) is 0 Å². The van der Waals surface area contributed by atoms with Crippen LogP contribution in [0.4, 0.5) is 0 Å². The molecule has 3 aromatic rings. The van der Waals surface area contributed by atoms with Gasteiger partial charge in [-0.1, -0.05) is 23.4 Å². The van der Waals surface area contributed by atoms with Gasteiger partial charge in [-0.2, -0.15) is 4.98 Å². The number of benzene rings is 1. The zero-order valence-corrected chi connectivity index (χ0v) is 15.5. The van der Waals surface area contributed by atoms with E-state index >= 15 is 0 Å². The van der Waals surface area contributed by atoms with Crippen LogP contribution in [0.25, 0.3) is 10.7 Å². The van der Waals surface area contributed by atoms with Gasteiger partial charge in [0.1, 0.15) is 0 Å². The van der Waals surface area contributed by atoms with E-state index < -0.39 is 5.97 Å². The van der Waals surface area contributed by atoms with Crippen LogP contribution in [-0.4, -0.2) is 27.6 Å². The van der Waals surface area contributed by atoms with Crippen molar-refractivity contribution in [3.8, 4) is 10.7 Å². The SMILES string of the molecule is O=C(OCc1nc(-c2cccs2)no1)c1ccc(C2SCCS2)cc1. The molecule has 0 amide bonds. The van der Waals surface area contributed by atoms with Crippen molar-refractivity contribution in [2.75, 3.05) is 11.5 Å². The van der Waals surface area contributed by atoms with Crippen LogP contribution in [0.15, 0.2) is 46.3 Å². The Balaban J connectivity index is 1.35. The summed E-state index contributed by atoms with van der Waals surface area (Å²) < 4.78 is 10.9. The zero-order chi connectivity index (χ0) is 17.1. The molecule has 0 radical (unpaired) electrons. The number of thioether (sulfide) groups is 2. The molecular formula is C17H14N2O3S3. The number of nitrogens with zero attached hydrogens (tertiary/aromatic N) is 2. The lowest BCUT2D eigenvalue weighted by Crippen LogP contribution is -2.05. The quantitative estimate of drug-likeness (QED) is 0.588. The smallest absolute Gasteiger partial charge is 0.338 e. The standard InChI is InChI=1S/C17H14N2O3S3/c20-16(11-3-5-12(6-4-11)17-24-8-9-25-17)21-10-14-18-15(19-22-14)13-2-1-7-23-13/h1-7,17H,8-10H2. The molecule has 1 aliphatic heterocycles. The van der Waals surface area contributed by atoms with E-state index in [1.807, 2.05) is 65.3 Å². The first kappa shape index (κ1) is 16.7. The number of aromatic nitrogens is 2. The summed E-state index contributed by atoms with van der Waals surface area (Å²) in [5, 5.41) is 5.84. The average molecular weight is 391 g/mol. The fourth-order valence-electron chi connectivity index (χ4n) is 2.36. The number of esters is 1. The molecule has 3 heterocycles. The van der Waals surface area contributed by atoms with Gasteiger partial charge in [0.25, 0.3) is 5.89 Å². The molecule has 0 atom stereocenters. The second-order valence-electron chi connectivity index (χ2n) is 5.26. The number of hydrogen-bond donors (Lipinski definition) is 0. The number of hydrogen-bond acceptors (Lipinski definition) is 8. The minimum atomic E-state index is -0.394. The third-order valence-corrected chi connectivity index (χ3v) is 7.55. The van der Waals surface area contributed by atoms with E-state index in [1.54, 1.807) is 0 Å². The van der Waals surface area contributed by atoms with Crippen LogP contribution in [0.1, 0.15) is 26.4 Å². The maximum Gasteiger partial charge on any atom is 0.338 e. The van der Waals surface area contributed by atoms with E-state index in [0.29, 0.717) is 16.0 Å². The molecule has 1 aromatic carbocycles. The van der Waals surface area contributed by atoms with Gasteiger partial charge in [-0.05, 0) is 29.1 Å². The molecule has 5 nitrogen and oxygen atoms in total. The summed E-state index contributed by atoms with van der Waals surface area (Å²) in [5.41, 5.74) is 1.76. The van der Waals surface area contributed by atoms with Crippen molar-refractivity contribution in [2.45, 2.75) is 11.2 Å². The Morgan fingerprint density at radius 3 is 2.72 bits per heavy atom. The Kier molecular flexibility index (Phi) is 5.09. The fourth-order valence-corrected chi connectivity index (χ4v) is 5.87. The van der Waals surface area contributed by atoms with Crippen LogP contribution in [-0.2, 0) is 11.3 Å². The first-order valence-corrected chi connectivity index (χ1v) is 10.6. The van der Waals surface area contributed by atoms with E-state index in [0.717, 1.165) is 4.88 Å². The van der Waals surface area contributed by atoms with Gasteiger partial charge in [-0.15, -0.1) is 34.9 Å². The predicted molar refractivity (Wildman–Crippen MR) is 101 cm³/mol. The molecule has 0 bridgehead atoms. The molecule has 0 unspecified atom stereocenters. The number of ether oxygens (including phenoxy) is 1. The number of thiophene rings is 1. The van der Waals surface area contributed by atoms with Gasteiger partial charge in [0.2, 0.25) is 5.82 Å². The summed E-state index contributed by atoms with van der Waals surface area (Å²) in [6.07, 6.45) is 0. The van der Waals surface area contributed by atoms with Gasteiger partial charge in [-0.25, -0.2) is 4.79 Å². The number of carbonyl (C=O) groups excluding carboxylic acids is 1. The molecule has 2 aromatic heterocycles. The van der Waals surface area contributed by atoms with Crippen molar-refractivity contribution in [1.82, 2.24) is 10.1 Å². The number of carbonyl (C=O) groups is 1. The Hall–Kier alpha value is -1.77. The largest absolute Gasteiger partial charge is 0.452 e. The highest BCUT2D eigenvalue weighted by molar-refractivity contribution is 8.19. The van der Waals surface area contributed by atoms with Crippen molar-refractivity contribution >= 4 is 40.8 Å². The summed E-state index contributed by atoms with van der Waals surface area (Å²) >= 11 is 5.40. The van der Waals surface area contributed by atoms with Crippen LogP contribution >= 0.6 is 34.9 Å². The molecule has 25 heavy (non-hydrogen) atoms. The summed E-state index contributed by atoms with van der Waals surface area (Å²) in [4.78, 5) is 17.3. The van der Waals surface area contributed by atoms with E-state index in [2.05, 4.69) is 10.1 Å². The lowest BCUT2D eigenvalue weighted by atomic mass is 10.1. The van der Waals surface area contributed by atoms with E-state index in [-0.39, 0.29) is 12.5 Å². The summed E-state index contributed by atoms with van der Waals surface area (Å²) in [7, 11) is 0. The summed E-state index contributed by atoms with van der Waals surface area (Å²) in [6.45, 7) is -0.0344. The maximum absolute atomic E-state index is 12.2. The molecule has 1 fully saturated rings. The van der Waals surface area contributed by atoms with Crippen molar-refractivity contribution in [3.63, 3.8) is 0 Å². The van der Waals surface area contributed by atoms with Crippen LogP contribution < -0.4 is 0 Å². The average Bonchev–Trinajstić information content (AvgIpc) is 3.42. The predicted octanol–water partition coefficient (Wildman–Crippen LogP) is 4.63. The van der Waals surface area contributed by atoms with Gasteiger partial charge < -0.3 is 9.26 Å². The second kappa shape index (κ2) is 7.63. The fraction of sp³-hybridized carbons (Fsp3) is 0.235. The van der Waals surface area contributed by atoms with Crippen LogP contribution in [0.3, 0.4) is 0 Å².